The van der Waals surface area contributed by atoms with E-state index in [9.17, 15) is 23.1 Å². The van der Waals surface area contributed by atoms with Crippen LogP contribution in [0.1, 0.15) is 48.4 Å². The molecule has 2 aliphatic rings. The summed E-state index contributed by atoms with van der Waals surface area (Å²) in [5, 5.41) is 15.8. The molecule has 0 radical (unpaired) electrons. The van der Waals surface area contributed by atoms with E-state index in [2.05, 4.69) is 9.88 Å². The van der Waals surface area contributed by atoms with Gasteiger partial charge < -0.3 is 19.3 Å². The number of piperidine rings is 1. The van der Waals surface area contributed by atoms with Crippen LogP contribution in [0.4, 0.5) is 13.2 Å². The molecule has 4 heterocycles. The van der Waals surface area contributed by atoms with Crippen LogP contribution in [-0.2, 0) is 30.5 Å². The molecule has 1 atom stereocenters. The zero-order chi connectivity index (χ0) is 28.7. The Labute approximate surface area is 235 Å². The molecule has 6 rings (SSSR count). The van der Waals surface area contributed by atoms with Gasteiger partial charge in [-0.3, -0.25) is 9.48 Å². The van der Waals surface area contributed by atoms with Gasteiger partial charge in [0.05, 0.1) is 23.9 Å². The number of benzene rings is 2. The van der Waals surface area contributed by atoms with Crippen LogP contribution in [0.15, 0.2) is 52.9 Å². The second kappa shape index (κ2) is 10.9. The van der Waals surface area contributed by atoms with E-state index in [1.54, 1.807) is 9.58 Å². The molecule has 41 heavy (non-hydrogen) atoms. The lowest BCUT2D eigenvalue weighted by Crippen LogP contribution is -2.40. The maximum Gasteiger partial charge on any atom is 0.416 e. The van der Waals surface area contributed by atoms with E-state index in [1.807, 2.05) is 24.3 Å². The number of fused-ring (bicyclic) bond motifs is 2. The molecule has 1 saturated heterocycles. The Bertz CT molecular complexity index is 1500. The number of alkyl halides is 3. The first kappa shape index (κ1) is 27.5. The van der Waals surface area contributed by atoms with Crippen molar-refractivity contribution in [2.75, 3.05) is 26.2 Å². The molecule has 2 aromatic carbocycles. The molecule has 11 heteroatoms. The predicted molar refractivity (Wildman–Crippen MR) is 146 cm³/mol. The van der Waals surface area contributed by atoms with Crippen LogP contribution in [0.3, 0.4) is 0 Å². The van der Waals surface area contributed by atoms with Crippen molar-refractivity contribution in [1.29, 1.82) is 0 Å². The smallest absolute Gasteiger partial charge is 0.416 e. The van der Waals surface area contributed by atoms with Gasteiger partial charge in [0, 0.05) is 55.7 Å². The number of amides is 1. The van der Waals surface area contributed by atoms with Crippen molar-refractivity contribution < 1.29 is 27.5 Å². The molecule has 0 spiro atoms. The molecule has 0 saturated carbocycles. The number of rotatable bonds is 6. The molecular weight excluding hydrogens is 535 g/mol. The van der Waals surface area contributed by atoms with Crippen LogP contribution in [0, 0.1) is 0 Å². The minimum atomic E-state index is -4.43. The van der Waals surface area contributed by atoms with E-state index in [0.29, 0.717) is 37.3 Å². The van der Waals surface area contributed by atoms with Crippen LogP contribution in [0.5, 0.6) is 0 Å². The second-order valence-electron chi connectivity index (χ2n) is 11.0. The first-order valence-corrected chi connectivity index (χ1v) is 13.9. The molecule has 0 aliphatic carbocycles. The van der Waals surface area contributed by atoms with Crippen molar-refractivity contribution in [3.05, 3.63) is 71.2 Å². The van der Waals surface area contributed by atoms with Gasteiger partial charge in [-0.15, -0.1) is 0 Å². The fraction of sp³-hybridized carbons (Fsp3) is 0.433. The number of β-amino-alcohol motifs (C(OH)–C–C–N with tert-alkyl or cyclic N) is 1. The summed E-state index contributed by atoms with van der Waals surface area (Å²) in [6.07, 6.45) is -2.79. The molecule has 4 aromatic rings. The summed E-state index contributed by atoms with van der Waals surface area (Å²) in [6.45, 7) is 4.72. The molecule has 216 valence electrons. The number of aromatic nitrogens is 3. The maximum atomic E-state index is 13.1. The van der Waals surface area contributed by atoms with Gasteiger partial charge in [0.25, 0.3) is 0 Å². The highest BCUT2D eigenvalue weighted by molar-refractivity contribution is 5.75. The van der Waals surface area contributed by atoms with Gasteiger partial charge in [-0.1, -0.05) is 24.3 Å². The van der Waals surface area contributed by atoms with Crippen LogP contribution in [0.2, 0.25) is 0 Å². The molecule has 0 bridgehead atoms. The zero-order valence-corrected chi connectivity index (χ0v) is 22.8. The van der Waals surface area contributed by atoms with Crippen LogP contribution in [0.25, 0.3) is 22.4 Å². The molecule has 1 unspecified atom stereocenters. The van der Waals surface area contributed by atoms with Gasteiger partial charge >= 0.3 is 6.18 Å². The van der Waals surface area contributed by atoms with E-state index in [-0.39, 0.29) is 18.4 Å². The molecule has 8 nitrogen and oxygen atoms in total. The summed E-state index contributed by atoms with van der Waals surface area (Å²) in [5.41, 5.74) is 3.76. The number of halogens is 3. The Hall–Kier alpha value is -3.70. The number of carbonyl (C=O) groups is 1. The Morgan fingerprint density at radius 1 is 1.07 bits per heavy atom. The van der Waals surface area contributed by atoms with E-state index in [4.69, 9.17) is 9.52 Å². The van der Waals surface area contributed by atoms with Crippen LogP contribution >= 0.6 is 0 Å². The monoisotopic (exact) mass is 567 g/mol. The van der Waals surface area contributed by atoms with E-state index >= 15 is 0 Å². The Kier molecular flexibility index (Phi) is 7.33. The van der Waals surface area contributed by atoms with Gasteiger partial charge in [-0.25, -0.2) is 4.98 Å². The van der Waals surface area contributed by atoms with Gasteiger partial charge in [0.1, 0.15) is 5.52 Å². The van der Waals surface area contributed by atoms with E-state index in [0.717, 1.165) is 66.3 Å². The van der Waals surface area contributed by atoms with Crippen LogP contribution in [-0.4, -0.2) is 67.9 Å². The van der Waals surface area contributed by atoms with Gasteiger partial charge in [-0.05, 0) is 50.2 Å². The van der Waals surface area contributed by atoms with Crippen molar-refractivity contribution in [3.8, 4) is 11.3 Å². The highest BCUT2D eigenvalue weighted by atomic mass is 19.4. The summed E-state index contributed by atoms with van der Waals surface area (Å²) >= 11 is 0. The summed E-state index contributed by atoms with van der Waals surface area (Å²) in [5.74, 6) is 0.942. The average Bonchev–Trinajstić information content (AvgIpc) is 3.54. The van der Waals surface area contributed by atoms with Gasteiger partial charge in [-0.2, -0.15) is 18.3 Å². The lowest BCUT2D eigenvalue weighted by Gasteiger charge is -2.32. The van der Waals surface area contributed by atoms with Crippen molar-refractivity contribution in [2.45, 2.75) is 57.5 Å². The number of hydrogen-bond acceptors (Lipinski definition) is 6. The topological polar surface area (TPSA) is 87.6 Å². The normalized spacial score (nSPS) is 17.6. The van der Waals surface area contributed by atoms with Gasteiger partial charge in [0.2, 0.25) is 5.91 Å². The Balaban J connectivity index is 1.14. The highest BCUT2D eigenvalue weighted by Gasteiger charge is 2.32. The number of oxazole rings is 1. The van der Waals surface area contributed by atoms with Gasteiger partial charge in [0.15, 0.2) is 11.5 Å². The summed E-state index contributed by atoms with van der Waals surface area (Å²) in [6, 6.07) is 12.7. The quantitative estimate of drug-likeness (QED) is 0.358. The average molecular weight is 568 g/mol. The van der Waals surface area contributed by atoms with Crippen molar-refractivity contribution in [1.82, 2.24) is 24.6 Å². The third-order valence-corrected chi connectivity index (χ3v) is 8.16. The number of para-hydroxylation sites is 2. The first-order chi connectivity index (χ1) is 19.7. The standard InChI is InChI=1S/C30H32F3N5O3/c1-19(39)37-15-12-26-24(18-37)28(20-6-8-22(9-7-20)30(31,32)33)35-38(26)17-23(40)16-36-13-10-21(11-14-36)29-34-25-4-2-3-5-27(25)41-29/h2-9,21,23,40H,10-18H2,1H3. The molecular formula is C30H32F3N5O3. The molecule has 2 aliphatic heterocycles. The zero-order valence-electron chi connectivity index (χ0n) is 22.8. The molecule has 1 N–H and O–H groups in total. The summed E-state index contributed by atoms with van der Waals surface area (Å²) in [7, 11) is 0. The Morgan fingerprint density at radius 3 is 2.49 bits per heavy atom. The number of aliphatic hydroxyl groups excluding tert-OH is 1. The van der Waals surface area contributed by atoms with Crippen molar-refractivity contribution in [2.24, 2.45) is 0 Å². The number of aliphatic hydroxyl groups is 1. The molecule has 1 fully saturated rings. The number of hydrogen-bond donors (Lipinski definition) is 1. The highest BCUT2D eigenvalue weighted by Crippen LogP contribution is 2.34. The second-order valence-corrected chi connectivity index (χ2v) is 11.0. The predicted octanol–water partition coefficient (Wildman–Crippen LogP) is 4.86. The fourth-order valence-corrected chi connectivity index (χ4v) is 5.94. The largest absolute Gasteiger partial charge is 0.440 e. The SMILES string of the molecule is CC(=O)N1CCc2c(c(-c3ccc(C(F)(F)F)cc3)nn2CC(O)CN2CCC(c3nc4ccccc4o3)CC2)C1. The number of nitrogens with zero attached hydrogens (tertiary/aromatic N) is 5. The summed E-state index contributed by atoms with van der Waals surface area (Å²) < 4.78 is 47.1. The van der Waals surface area contributed by atoms with E-state index in [1.165, 1.54) is 19.1 Å². The fourth-order valence-electron chi connectivity index (χ4n) is 5.94. The van der Waals surface area contributed by atoms with E-state index < -0.39 is 17.8 Å². The number of carbonyl (C=O) groups excluding carboxylic acids is 1. The minimum absolute atomic E-state index is 0.0666. The first-order valence-electron chi connectivity index (χ1n) is 13.9. The number of likely N-dealkylation sites (tertiary alicyclic amines) is 1. The lowest BCUT2D eigenvalue weighted by atomic mass is 9.96. The van der Waals surface area contributed by atoms with Crippen molar-refractivity contribution >= 4 is 17.0 Å². The Morgan fingerprint density at radius 2 is 1.80 bits per heavy atom. The van der Waals surface area contributed by atoms with Crippen molar-refractivity contribution in [3.63, 3.8) is 0 Å². The third-order valence-electron chi connectivity index (χ3n) is 8.16. The third kappa shape index (κ3) is 5.73. The minimum Gasteiger partial charge on any atom is -0.440 e. The van der Waals surface area contributed by atoms with Crippen LogP contribution < -0.4 is 0 Å². The summed E-state index contributed by atoms with van der Waals surface area (Å²) in [4.78, 5) is 20.7. The lowest BCUT2D eigenvalue weighted by molar-refractivity contribution is -0.137. The molecule has 1 amide bonds. The maximum absolute atomic E-state index is 13.1. The molecule has 2 aromatic heterocycles.